The smallest absolute Gasteiger partial charge is 0.312 e. The third kappa shape index (κ3) is 7.02. The average Bonchev–Trinajstić information content (AvgIpc) is 2.46. The fraction of sp³-hybridized carbons (Fsp3) is 0.867. The van der Waals surface area contributed by atoms with E-state index >= 15 is 0 Å². The van der Waals surface area contributed by atoms with Gasteiger partial charge in [-0.1, -0.05) is 0 Å². The molecule has 1 heterocycles. The maximum absolute atomic E-state index is 10.9. The molecule has 0 aliphatic carbocycles. The van der Waals surface area contributed by atoms with Crippen LogP contribution in [-0.4, -0.2) is 53.0 Å². The highest BCUT2D eigenvalue weighted by Crippen LogP contribution is 2.21. The van der Waals surface area contributed by atoms with E-state index in [0.717, 1.165) is 0 Å². The fourth-order valence-electron chi connectivity index (χ4n) is 2.35. The minimum atomic E-state index is -0.507. The Morgan fingerprint density at radius 3 is 2.29 bits per heavy atom. The van der Waals surface area contributed by atoms with Crippen LogP contribution in [0.2, 0.25) is 0 Å². The summed E-state index contributed by atoms with van der Waals surface area (Å²) in [5, 5.41) is 28.4. The van der Waals surface area contributed by atoms with Crippen molar-refractivity contribution >= 4 is 12.3 Å². The molecule has 1 fully saturated rings. The number of hydrogen-bond donors (Lipinski definition) is 3. The summed E-state index contributed by atoms with van der Waals surface area (Å²) in [6.07, 6.45) is 3.80. The summed E-state index contributed by atoms with van der Waals surface area (Å²) >= 11 is 0. The van der Waals surface area contributed by atoms with Gasteiger partial charge in [0.25, 0.3) is 0 Å². The lowest BCUT2D eigenvalue weighted by atomic mass is 9.95. The van der Waals surface area contributed by atoms with E-state index < -0.39 is 18.1 Å². The van der Waals surface area contributed by atoms with Gasteiger partial charge in [-0.2, -0.15) is 0 Å². The molecule has 1 saturated heterocycles. The maximum Gasteiger partial charge on any atom is 0.312 e. The normalized spacial score (nSPS) is 22.0. The molecule has 0 aromatic rings. The first kappa shape index (κ1) is 18.1. The van der Waals surface area contributed by atoms with Crippen molar-refractivity contribution in [3.63, 3.8) is 0 Å². The molecule has 122 valence electrons. The second-order valence-electron chi connectivity index (χ2n) is 5.80. The lowest BCUT2D eigenvalue weighted by Gasteiger charge is -2.25. The Kier molecular flexibility index (Phi) is 8.49. The third-order valence-corrected chi connectivity index (χ3v) is 3.98. The zero-order valence-electron chi connectivity index (χ0n) is 12.3. The molecule has 0 aromatic heterocycles. The average molecular weight is 302 g/mol. The van der Waals surface area contributed by atoms with Crippen LogP contribution >= 0.6 is 0 Å². The number of esters is 1. The van der Waals surface area contributed by atoms with E-state index in [4.69, 9.17) is 5.11 Å². The van der Waals surface area contributed by atoms with Gasteiger partial charge in [-0.15, -0.1) is 0 Å². The molecular weight excluding hydrogens is 276 g/mol. The molecule has 1 rings (SSSR count). The van der Waals surface area contributed by atoms with Gasteiger partial charge in [0.05, 0.1) is 24.7 Å². The lowest BCUT2D eigenvalue weighted by molar-refractivity contribution is -0.169. The van der Waals surface area contributed by atoms with Crippen LogP contribution < -0.4 is 0 Å². The van der Waals surface area contributed by atoms with Crippen molar-refractivity contribution in [1.29, 1.82) is 0 Å². The number of aliphatic hydroxyl groups excluding tert-OH is 3. The van der Waals surface area contributed by atoms with Crippen molar-refractivity contribution < 1.29 is 29.6 Å². The molecule has 0 aromatic carbocycles. The molecule has 6 heteroatoms. The number of cyclic esters (lactones) is 1. The first-order chi connectivity index (χ1) is 10.1. The van der Waals surface area contributed by atoms with Crippen LogP contribution in [0, 0.1) is 11.8 Å². The van der Waals surface area contributed by atoms with Crippen LogP contribution in [-0.2, 0) is 14.3 Å². The topological polar surface area (TPSA) is 104 Å². The van der Waals surface area contributed by atoms with E-state index in [0.29, 0.717) is 57.8 Å². The summed E-state index contributed by atoms with van der Waals surface area (Å²) in [5.74, 6) is -0.622. The molecule has 6 nitrogen and oxygen atoms in total. The largest absolute Gasteiger partial charge is 0.464 e. The highest BCUT2D eigenvalue weighted by molar-refractivity contribution is 5.77. The Hall–Kier alpha value is -0.980. The maximum atomic E-state index is 10.9. The van der Waals surface area contributed by atoms with Gasteiger partial charge in [0.2, 0.25) is 0 Å². The SMILES string of the molecule is O=CC(CO)CCC(O)CCCC(O)CCC1COC1=O. The van der Waals surface area contributed by atoms with Gasteiger partial charge in [0.15, 0.2) is 0 Å². The number of carbonyl (C=O) groups excluding carboxylic acids is 2. The number of aldehydes is 1. The summed E-state index contributed by atoms with van der Waals surface area (Å²) in [7, 11) is 0. The number of hydrogen-bond acceptors (Lipinski definition) is 6. The number of aliphatic hydroxyl groups is 3. The predicted octanol–water partition coefficient (Wildman–Crippen LogP) is 0.419. The van der Waals surface area contributed by atoms with E-state index in [2.05, 4.69) is 4.74 Å². The minimum absolute atomic E-state index is 0.0519. The molecule has 21 heavy (non-hydrogen) atoms. The Morgan fingerprint density at radius 2 is 1.81 bits per heavy atom. The van der Waals surface area contributed by atoms with Crippen LogP contribution in [0.25, 0.3) is 0 Å². The zero-order valence-corrected chi connectivity index (χ0v) is 12.3. The summed E-state index contributed by atoms with van der Waals surface area (Å²) < 4.78 is 4.66. The van der Waals surface area contributed by atoms with Gasteiger partial charge in [-0.3, -0.25) is 4.79 Å². The molecular formula is C15H26O6. The second-order valence-corrected chi connectivity index (χ2v) is 5.80. The zero-order chi connectivity index (χ0) is 15.7. The van der Waals surface area contributed by atoms with Gasteiger partial charge in [0.1, 0.15) is 12.9 Å². The summed E-state index contributed by atoms with van der Waals surface area (Å²) in [6.45, 7) is 0.283. The number of rotatable bonds is 12. The first-order valence-electron chi connectivity index (χ1n) is 7.65. The van der Waals surface area contributed by atoms with E-state index in [9.17, 15) is 19.8 Å². The van der Waals surface area contributed by atoms with Crippen LogP contribution in [0.15, 0.2) is 0 Å². The van der Waals surface area contributed by atoms with Crippen molar-refractivity contribution in [3.8, 4) is 0 Å². The number of ether oxygens (including phenoxy) is 1. The highest BCUT2D eigenvalue weighted by atomic mass is 16.6. The van der Waals surface area contributed by atoms with Crippen molar-refractivity contribution in [2.75, 3.05) is 13.2 Å². The van der Waals surface area contributed by atoms with Crippen molar-refractivity contribution in [2.24, 2.45) is 11.8 Å². The quantitative estimate of drug-likeness (QED) is 0.356. The van der Waals surface area contributed by atoms with Gasteiger partial charge < -0.3 is 24.9 Å². The summed E-state index contributed by atoms with van der Waals surface area (Å²) in [5.41, 5.74) is 0. The molecule has 4 unspecified atom stereocenters. The van der Waals surface area contributed by atoms with E-state index in [1.807, 2.05) is 0 Å². The molecule has 0 spiro atoms. The Bertz CT molecular complexity index is 305. The Labute approximate surface area is 125 Å². The predicted molar refractivity (Wildman–Crippen MR) is 75.4 cm³/mol. The molecule has 4 atom stereocenters. The van der Waals surface area contributed by atoms with E-state index in [1.165, 1.54) is 0 Å². The number of carbonyl (C=O) groups is 2. The molecule has 3 N–H and O–H groups in total. The van der Waals surface area contributed by atoms with Crippen molar-refractivity contribution in [2.45, 2.75) is 57.2 Å². The van der Waals surface area contributed by atoms with Crippen molar-refractivity contribution in [3.05, 3.63) is 0 Å². The molecule has 1 aliphatic rings. The van der Waals surface area contributed by atoms with Gasteiger partial charge in [-0.05, 0) is 44.9 Å². The molecule has 0 saturated carbocycles. The summed E-state index contributed by atoms with van der Waals surface area (Å²) in [6, 6.07) is 0. The van der Waals surface area contributed by atoms with E-state index in [-0.39, 0.29) is 18.5 Å². The van der Waals surface area contributed by atoms with Crippen LogP contribution in [0.1, 0.15) is 44.9 Å². The van der Waals surface area contributed by atoms with Crippen LogP contribution in [0.3, 0.4) is 0 Å². The van der Waals surface area contributed by atoms with Gasteiger partial charge >= 0.3 is 5.97 Å². The van der Waals surface area contributed by atoms with Gasteiger partial charge in [0, 0.05) is 5.92 Å². The Morgan fingerprint density at radius 1 is 1.14 bits per heavy atom. The fourth-order valence-corrected chi connectivity index (χ4v) is 2.35. The minimum Gasteiger partial charge on any atom is -0.464 e. The Balaban J connectivity index is 2.00. The summed E-state index contributed by atoms with van der Waals surface area (Å²) in [4.78, 5) is 21.5. The lowest BCUT2D eigenvalue weighted by Crippen LogP contribution is -2.35. The second kappa shape index (κ2) is 9.87. The molecule has 0 bridgehead atoms. The molecule has 0 amide bonds. The standard InChI is InChI=1S/C15H26O6/c16-8-11(9-17)4-6-13(18)2-1-3-14(19)7-5-12-10-21-15(12)20/h8,11-14,17-19H,1-7,9-10H2. The van der Waals surface area contributed by atoms with Gasteiger partial charge in [-0.25, -0.2) is 0 Å². The third-order valence-electron chi connectivity index (χ3n) is 3.98. The van der Waals surface area contributed by atoms with Crippen molar-refractivity contribution in [1.82, 2.24) is 0 Å². The molecule has 0 radical (unpaired) electrons. The monoisotopic (exact) mass is 302 g/mol. The first-order valence-corrected chi connectivity index (χ1v) is 7.65. The molecule has 1 aliphatic heterocycles. The van der Waals surface area contributed by atoms with E-state index in [1.54, 1.807) is 0 Å². The van der Waals surface area contributed by atoms with Crippen LogP contribution in [0.4, 0.5) is 0 Å². The highest BCUT2D eigenvalue weighted by Gasteiger charge is 2.30. The van der Waals surface area contributed by atoms with Crippen LogP contribution in [0.5, 0.6) is 0 Å².